The molecule has 0 aliphatic carbocycles. The molecular weight excluding hydrogens is 240 g/mol. The lowest BCUT2D eigenvalue weighted by Crippen LogP contribution is -2.60. The van der Waals surface area contributed by atoms with Crippen molar-refractivity contribution in [2.75, 3.05) is 13.1 Å². The first-order valence-electron chi connectivity index (χ1n) is 6.76. The van der Waals surface area contributed by atoms with Crippen LogP contribution in [-0.4, -0.2) is 43.1 Å². The second kappa shape index (κ2) is 4.28. The molecule has 2 aromatic heterocycles. The van der Waals surface area contributed by atoms with E-state index in [0.717, 1.165) is 48.9 Å². The van der Waals surface area contributed by atoms with Crippen molar-refractivity contribution in [3.8, 4) is 0 Å². The van der Waals surface area contributed by atoms with E-state index in [9.17, 15) is 5.11 Å². The molecule has 0 atom stereocenters. The minimum Gasteiger partial charge on any atom is -0.387 e. The molecule has 1 aliphatic rings. The zero-order chi connectivity index (χ0) is 13.6. The van der Waals surface area contributed by atoms with Gasteiger partial charge in [0.05, 0.1) is 11.3 Å². The molecule has 0 bridgehead atoms. The molecule has 1 fully saturated rings. The number of aryl methyl sites for hydroxylation is 2. The van der Waals surface area contributed by atoms with Gasteiger partial charge in [-0.2, -0.15) is 0 Å². The first kappa shape index (κ1) is 12.6. The lowest BCUT2D eigenvalue weighted by Gasteiger charge is -2.45. The number of fused-ring (bicyclic) bond motifs is 1. The third-order valence-electron chi connectivity index (χ3n) is 3.89. The van der Waals surface area contributed by atoms with Crippen LogP contribution in [0.15, 0.2) is 12.3 Å². The Kier molecular flexibility index (Phi) is 2.83. The molecule has 1 saturated heterocycles. The fourth-order valence-corrected chi connectivity index (χ4v) is 2.75. The average molecular weight is 260 g/mol. The Morgan fingerprint density at radius 3 is 2.74 bits per heavy atom. The maximum Gasteiger partial charge on any atom is 0.234 e. The molecule has 0 aromatic carbocycles. The molecule has 3 rings (SSSR count). The second-order valence-corrected chi connectivity index (χ2v) is 5.66. The summed E-state index contributed by atoms with van der Waals surface area (Å²) in [5, 5.41) is 10.0. The first-order chi connectivity index (χ1) is 8.99. The number of β-amino-alcohol motifs (C(OH)–C–C–N with tert-alkyl or cyclic N) is 1. The van der Waals surface area contributed by atoms with E-state index in [4.69, 9.17) is 0 Å². The molecule has 0 radical (unpaired) electrons. The first-order valence-corrected chi connectivity index (χ1v) is 6.76. The van der Waals surface area contributed by atoms with Crippen molar-refractivity contribution in [1.82, 2.24) is 19.3 Å². The van der Waals surface area contributed by atoms with Gasteiger partial charge in [0.25, 0.3) is 0 Å². The van der Waals surface area contributed by atoms with Crippen LogP contribution in [0.3, 0.4) is 0 Å². The van der Waals surface area contributed by atoms with Crippen molar-refractivity contribution in [3.63, 3.8) is 0 Å². The molecule has 19 heavy (non-hydrogen) atoms. The van der Waals surface area contributed by atoms with Gasteiger partial charge in [-0.25, -0.2) is 9.97 Å². The summed E-state index contributed by atoms with van der Waals surface area (Å²) in [5.41, 5.74) is 2.67. The van der Waals surface area contributed by atoms with Crippen LogP contribution in [0.1, 0.15) is 30.4 Å². The number of rotatable bonds is 3. The van der Waals surface area contributed by atoms with Crippen LogP contribution < -0.4 is 0 Å². The molecule has 0 saturated carbocycles. The third-order valence-corrected chi connectivity index (χ3v) is 3.89. The van der Waals surface area contributed by atoms with Crippen molar-refractivity contribution in [2.45, 2.75) is 39.3 Å². The second-order valence-electron chi connectivity index (χ2n) is 5.66. The summed E-state index contributed by atoms with van der Waals surface area (Å²) < 4.78 is 2.02. The van der Waals surface area contributed by atoms with E-state index in [2.05, 4.69) is 27.9 Å². The van der Waals surface area contributed by atoms with Gasteiger partial charge >= 0.3 is 0 Å². The highest BCUT2D eigenvalue weighted by Gasteiger charge is 2.39. The van der Waals surface area contributed by atoms with E-state index < -0.39 is 5.60 Å². The van der Waals surface area contributed by atoms with Crippen molar-refractivity contribution in [1.29, 1.82) is 0 Å². The summed E-state index contributed by atoms with van der Waals surface area (Å²) in [6, 6.07) is 2.05. The van der Waals surface area contributed by atoms with Crippen LogP contribution >= 0.6 is 0 Å². The van der Waals surface area contributed by atoms with Crippen LogP contribution in [-0.2, 0) is 6.54 Å². The zero-order valence-electron chi connectivity index (χ0n) is 11.7. The monoisotopic (exact) mass is 260 g/mol. The molecule has 3 heterocycles. The molecule has 2 aromatic rings. The number of hydrogen-bond acceptors (Lipinski definition) is 4. The molecule has 0 unspecified atom stereocenters. The van der Waals surface area contributed by atoms with E-state index in [0.29, 0.717) is 0 Å². The SMILES string of the molecule is CCC1(O)CN(Cc2cn3c(C)cc(C)nc3n2)C1. The highest BCUT2D eigenvalue weighted by Crippen LogP contribution is 2.25. The van der Waals surface area contributed by atoms with Crippen LogP contribution in [0.5, 0.6) is 0 Å². The maximum absolute atomic E-state index is 10.0. The number of aromatic nitrogens is 3. The van der Waals surface area contributed by atoms with Gasteiger partial charge in [-0.1, -0.05) is 6.92 Å². The molecule has 5 heteroatoms. The Balaban J connectivity index is 1.78. The molecule has 102 valence electrons. The van der Waals surface area contributed by atoms with E-state index in [1.165, 1.54) is 0 Å². The van der Waals surface area contributed by atoms with Crippen LogP contribution in [0, 0.1) is 13.8 Å². The average Bonchev–Trinajstić information content (AvgIpc) is 2.69. The lowest BCUT2D eigenvalue weighted by molar-refractivity contribution is -0.103. The van der Waals surface area contributed by atoms with Gasteiger partial charge in [0.15, 0.2) is 0 Å². The molecule has 0 spiro atoms. The van der Waals surface area contributed by atoms with Crippen molar-refractivity contribution < 1.29 is 5.11 Å². The summed E-state index contributed by atoms with van der Waals surface area (Å²) in [5.74, 6) is 0.763. The van der Waals surface area contributed by atoms with Crippen LogP contribution in [0.2, 0.25) is 0 Å². The van der Waals surface area contributed by atoms with Crippen LogP contribution in [0.4, 0.5) is 0 Å². The Morgan fingerprint density at radius 1 is 1.32 bits per heavy atom. The maximum atomic E-state index is 10.0. The van der Waals surface area contributed by atoms with Crippen LogP contribution in [0.25, 0.3) is 5.78 Å². The van der Waals surface area contributed by atoms with Gasteiger partial charge in [-0.05, 0) is 26.3 Å². The van der Waals surface area contributed by atoms with Gasteiger partial charge < -0.3 is 5.11 Å². The van der Waals surface area contributed by atoms with Crippen molar-refractivity contribution in [2.24, 2.45) is 0 Å². The summed E-state index contributed by atoms with van der Waals surface area (Å²) in [6.45, 7) is 8.33. The third kappa shape index (κ3) is 2.24. The normalized spacial score (nSPS) is 18.7. The quantitative estimate of drug-likeness (QED) is 0.904. The fourth-order valence-electron chi connectivity index (χ4n) is 2.75. The minimum absolute atomic E-state index is 0.482. The Hall–Kier alpha value is -1.46. The lowest BCUT2D eigenvalue weighted by atomic mass is 9.91. The van der Waals surface area contributed by atoms with Gasteiger partial charge in [0.1, 0.15) is 0 Å². The Morgan fingerprint density at radius 2 is 2.05 bits per heavy atom. The number of imidazole rings is 1. The zero-order valence-corrected chi connectivity index (χ0v) is 11.7. The summed E-state index contributed by atoms with van der Waals surface area (Å²) in [6.07, 6.45) is 2.86. The number of nitrogens with zero attached hydrogens (tertiary/aromatic N) is 4. The van der Waals surface area contributed by atoms with E-state index >= 15 is 0 Å². The summed E-state index contributed by atoms with van der Waals surface area (Å²) in [7, 11) is 0. The molecule has 0 amide bonds. The van der Waals surface area contributed by atoms with Gasteiger partial charge in [0, 0.05) is 37.2 Å². The predicted molar refractivity (Wildman–Crippen MR) is 73.0 cm³/mol. The van der Waals surface area contributed by atoms with Gasteiger partial charge in [0.2, 0.25) is 5.78 Å². The molecular formula is C14H20N4O. The number of likely N-dealkylation sites (tertiary alicyclic amines) is 1. The van der Waals surface area contributed by atoms with E-state index in [1.807, 2.05) is 24.4 Å². The summed E-state index contributed by atoms with van der Waals surface area (Å²) >= 11 is 0. The number of hydrogen-bond donors (Lipinski definition) is 1. The predicted octanol–water partition coefficient (Wildman–Crippen LogP) is 1.30. The smallest absolute Gasteiger partial charge is 0.234 e. The standard InChI is InChI=1S/C14H20N4O/c1-4-14(19)8-17(9-14)6-12-7-18-11(3)5-10(2)15-13(18)16-12/h5,7,19H,4,6,8-9H2,1-3H3. The van der Waals surface area contributed by atoms with E-state index in [1.54, 1.807) is 0 Å². The van der Waals surface area contributed by atoms with Crippen molar-refractivity contribution >= 4 is 5.78 Å². The van der Waals surface area contributed by atoms with Gasteiger partial charge in [-0.3, -0.25) is 9.30 Å². The molecule has 5 nitrogen and oxygen atoms in total. The topological polar surface area (TPSA) is 53.7 Å². The Bertz CT molecular complexity index is 613. The highest BCUT2D eigenvalue weighted by molar-refractivity contribution is 5.34. The fraction of sp³-hybridized carbons (Fsp3) is 0.571. The minimum atomic E-state index is -0.482. The number of aliphatic hydroxyl groups is 1. The highest BCUT2D eigenvalue weighted by atomic mass is 16.3. The Labute approximate surface area is 112 Å². The largest absolute Gasteiger partial charge is 0.387 e. The molecule has 1 aliphatic heterocycles. The van der Waals surface area contributed by atoms with Crippen molar-refractivity contribution in [3.05, 3.63) is 29.3 Å². The summed E-state index contributed by atoms with van der Waals surface area (Å²) in [4.78, 5) is 11.2. The van der Waals surface area contributed by atoms with E-state index in [-0.39, 0.29) is 0 Å². The van der Waals surface area contributed by atoms with Gasteiger partial charge in [-0.15, -0.1) is 0 Å². The molecule has 1 N–H and O–H groups in total.